The Labute approximate surface area is 133 Å². The topological polar surface area (TPSA) is 43.2 Å². The standard InChI is InChI=1S/C18H26N4/c1-15-5-2-3-9-21(15)13-16-6-4-10-22(14-16)18-12-20-8-7-17(18)11-19/h7-8,12,15-16H,2-6,9-10,13-14H2,1H3/t15-,16-/m0/s1. The van der Waals surface area contributed by atoms with Crippen molar-refractivity contribution in [2.45, 2.75) is 45.1 Å². The Bertz CT molecular complexity index is 536. The first-order chi connectivity index (χ1) is 10.8. The number of anilines is 1. The van der Waals surface area contributed by atoms with Crippen LogP contribution >= 0.6 is 0 Å². The second-order valence-electron chi connectivity index (χ2n) is 6.80. The molecule has 0 spiro atoms. The highest BCUT2D eigenvalue weighted by Crippen LogP contribution is 2.27. The van der Waals surface area contributed by atoms with Crippen LogP contribution in [-0.2, 0) is 0 Å². The Balaban J connectivity index is 1.65. The Hall–Kier alpha value is -1.60. The minimum Gasteiger partial charge on any atom is -0.369 e. The van der Waals surface area contributed by atoms with Crippen LogP contribution in [-0.4, -0.2) is 42.1 Å². The number of pyridine rings is 1. The fourth-order valence-electron chi connectivity index (χ4n) is 3.93. The van der Waals surface area contributed by atoms with Crippen LogP contribution in [0.25, 0.3) is 0 Å². The number of hydrogen-bond acceptors (Lipinski definition) is 4. The van der Waals surface area contributed by atoms with Gasteiger partial charge in [0.05, 0.1) is 17.4 Å². The van der Waals surface area contributed by atoms with Gasteiger partial charge in [-0.25, -0.2) is 0 Å². The Morgan fingerprint density at radius 2 is 2.18 bits per heavy atom. The van der Waals surface area contributed by atoms with Crippen molar-refractivity contribution >= 4 is 5.69 Å². The predicted octanol–water partition coefficient (Wildman–Crippen LogP) is 3.04. The van der Waals surface area contributed by atoms with E-state index in [2.05, 4.69) is 27.8 Å². The van der Waals surface area contributed by atoms with Gasteiger partial charge in [-0.2, -0.15) is 5.26 Å². The van der Waals surface area contributed by atoms with Crippen LogP contribution in [0, 0.1) is 17.2 Å². The third kappa shape index (κ3) is 3.41. The van der Waals surface area contributed by atoms with E-state index in [9.17, 15) is 5.26 Å². The molecular formula is C18H26N4. The summed E-state index contributed by atoms with van der Waals surface area (Å²) in [4.78, 5) is 9.26. The summed E-state index contributed by atoms with van der Waals surface area (Å²) in [7, 11) is 0. The van der Waals surface area contributed by atoms with Gasteiger partial charge < -0.3 is 9.80 Å². The summed E-state index contributed by atoms with van der Waals surface area (Å²) in [5, 5.41) is 9.30. The lowest BCUT2D eigenvalue weighted by atomic mass is 9.94. The van der Waals surface area contributed by atoms with Gasteiger partial charge in [0.15, 0.2) is 0 Å². The molecule has 2 fully saturated rings. The van der Waals surface area contributed by atoms with Crippen molar-refractivity contribution in [2.24, 2.45) is 5.92 Å². The normalized spacial score (nSPS) is 26.6. The number of nitrogens with zero attached hydrogens (tertiary/aromatic N) is 4. The molecule has 0 N–H and O–H groups in total. The highest BCUT2D eigenvalue weighted by atomic mass is 15.2. The van der Waals surface area contributed by atoms with E-state index < -0.39 is 0 Å². The van der Waals surface area contributed by atoms with Gasteiger partial charge >= 0.3 is 0 Å². The van der Waals surface area contributed by atoms with Crippen LogP contribution in [0.2, 0.25) is 0 Å². The lowest BCUT2D eigenvalue weighted by Crippen LogP contribution is -2.45. The van der Waals surface area contributed by atoms with Gasteiger partial charge in [-0.15, -0.1) is 0 Å². The molecule has 0 aliphatic carbocycles. The molecule has 0 unspecified atom stereocenters. The molecule has 2 saturated heterocycles. The molecule has 118 valence electrons. The first kappa shape index (κ1) is 15.3. The maximum atomic E-state index is 9.30. The van der Waals surface area contributed by atoms with E-state index in [1.165, 1.54) is 45.2 Å². The van der Waals surface area contributed by atoms with Crippen molar-refractivity contribution in [1.82, 2.24) is 9.88 Å². The molecule has 2 aliphatic heterocycles. The van der Waals surface area contributed by atoms with Crippen LogP contribution in [0.4, 0.5) is 5.69 Å². The number of hydrogen-bond donors (Lipinski definition) is 0. The maximum absolute atomic E-state index is 9.30. The zero-order valence-electron chi connectivity index (χ0n) is 13.5. The zero-order chi connectivity index (χ0) is 15.4. The quantitative estimate of drug-likeness (QED) is 0.860. The van der Waals surface area contributed by atoms with Crippen LogP contribution in [0.3, 0.4) is 0 Å². The molecule has 4 heteroatoms. The minimum atomic E-state index is 0.709. The lowest BCUT2D eigenvalue weighted by Gasteiger charge is -2.40. The smallest absolute Gasteiger partial charge is 0.101 e. The summed E-state index contributed by atoms with van der Waals surface area (Å²) < 4.78 is 0. The van der Waals surface area contributed by atoms with E-state index in [4.69, 9.17) is 0 Å². The fraction of sp³-hybridized carbons (Fsp3) is 0.667. The van der Waals surface area contributed by atoms with Gasteiger partial charge in [-0.1, -0.05) is 6.42 Å². The molecule has 1 aromatic rings. The van der Waals surface area contributed by atoms with Crippen molar-refractivity contribution in [3.05, 3.63) is 24.0 Å². The van der Waals surface area contributed by atoms with E-state index in [1.807, 2.05) is 12.3 Å². The van der Waals surface area contributed by atoms with Crippen LogP contribution in [0.1, 0.15) is 44.6 Å². The molecule has 4 nitrogen and oxygen atoms in total. The largest absolute Gasteiger partial charge is 0.369 e. The summed E-state index contributed by atoms with van der Waals surface area (Å²) in [6.07, 6.45) is 10.2. The highest BCUT2D eigenvalue weighted by molar-refractivity contribution is 5.57. The van der Waals surface area contributed by atoms with Crippen molar-refractivity contribution in [3.8, 4) is 6.07 Å². The van der Waals surface area contributed by atoms with Gasteiger partial charge in [0.2, 0.25) is 0 Å². The van der Waals surface area contributed by atoms with Gasteiger partial charge in [-0.3, -0.25) is 4.98 Å². The van der Waals surface area contributed by atoms with Gasteiger partial charge in [0.25, 0.3) is 0 Å². The first-order valence-electron chi connectivity index (χ1n) is 8.61. The highest BCUT2D eigenvalue weighted by Gasteiger charge is 2.26. The summed E-state index contributed by atoms with van der Waals surface area (Å²) >= 11 is 0. The Kier molecular flexibility index (Phi) is 4.94. The minimum absolute atomic E-state index is 0.709. The predicted molar refractivity (Wildman–Crippen MR) is 88.8 cm³/mol. The van der Waals surface area contributed by atoms with E-state index in [0.29, 0.717) is 5.92 Å². The van der Waals surface area contributed by atoms with Crippen LogP contribution in [0.5, 0.6) is 0 Å². The number of aromatic nitrogens is 1. The summed E-state index contributed by atoms with van der Waals surface area (Å²) in [6, 6.07) is 4.86. The second-order valence-corrected chi connectivity index (χ2v) is 6.80. The van der Waals surface area contributed by atoms with Crippen molar-refractivity contribution in [1.29, 1.82) is 5.26 Å². The number of likely N-dealkylation sites (tertiary alicyclic amines) is 1. The molecule has 22 heavy (non-hydrogen) atoms. The first-order valence-corrected chi connectivity index (χ1v) is 8.61. The van der Waals surface area contributed by atoms with E-state index in [0.717, 1.165) is 30.4 Å². The fourth-order valence-corrected chi connectivity index (χ4v) is 3.93. The molecule has 2 atom stereocenters. The number of piperidine rings is 2. The average molecular weight is 298 g/mol. The van der Waals surface area contributed by atoms with Gasteiger partial charge in [-0.05, 0) is 51.1 Å². The molecule has 0 bridgehead atoms. The van der Waals surface area contributed by atoms with Crippen LogP contribution < -0.4 is 4.90 Å². The molecule has 0 aromatic carbocycles. The Morgan fingerprint density at radius 1 is 1.27 bits per heavy atom. The summed E-state index contributed by atoms with van der Waals surface area (Å²) in [6.45, 7) is 6.94. The third-order valence-electron chi connectivity index (χ3n) is 5.21. The average Bonchev–Trinajstić information content (AvgIpc) is 2.57. The summed E-state index contributed by atoms with van der Waals surface area (Å²) in [5.74, 6) is 0.709. The SMILES string of the molecule is C[C@H]1CCCCN1C[C@@H]1CCCN(c2cnccc2C#N)C1. The zero-order valence-corrected chi connectivity index (χ0v) is 13.5. The molecule has 2 aliphatic rings. The lowest BCUT2D eigenvalue weighted by molar-refractivity contribution is 0.130. The number of nitriles is 1. The van der Waals surface area contributed by atoms with Crippen molar-refractivity contribution < 1.29 is 0 Å². The van der Waals surface area contributed by atoms with Crippen molar-refractivity contribution in [3.63, 3.8) is 0 Å². The van der Waals surface area contributed by atoms with Crippen molar-refractivity contribution in [2.75, 3.05) is 31.1 Å². The van der Waals surface area contributed by atoms with Gasteiger partial charge in [0, 0.05) is 31.9 Å². The molecule has 0 radical (unpaired) electrons. The second kappa shape index (κ2) is 7.11. The van der Waals surface area contributed by atoms with E-state index in [1.54, 1.807) is 6.20 Å². The molecule has 3 rings (SSSR count). The molecule has 3 heterocycles. The van der Waals surface area contributed by atoms with E-state index in [-0.39, 0.29) is 0 Å². The molecule has 0 amide bonds. The van der Waals surface area contributed by atoms with Crippen LogP contribution in [0.15, 0.2) is 18.5 Å². The molecule has 1 aromatic heterocycles. The monoisotopic (exact) mass is 298 g/mol. The molecule has 0 saturated carbocycles. The molecular weight excluding hydrogens is 272 g/mol. The maximum Gasteiger partial charge on any atom is 0.101 e. The van der Waals surface area contributed by atoms with E-state index >= 15 is 0 Å². The number of rotatable bonds is 3. The summed E-state index contributed by atoms with van der Waals surface area (Å²) in [5.41, 5.74) is 1.77. The Morgan fingerprint density at radius 3 is 3.00 bits per heavy atom. The van der Waals surface area contributed by atoms with Gasteiger partial charge in [0.1, 0.15) is 6.07 Å². The third-order valence-corrected chi connectivity index (χ3v) is 5.21.